The number of nitrogens with one attached hydrogen (secondary N) is 1. The molecule has 2 rings (SSSR count). The van der Waals surface area contributed by atoms with Crippen molar-refractivity contribution in [2.24, 2.45) is 0 Å². The van der Waals surface area contributed by atoms with Gasteiger partial charge in [0.1, 0.15) is 6.79 Å². The lowest BCUT2D eigenvalue weighted by molar-refractivity contribution is -0.0979. The highest BCUT2D eigenvalue weighted by atomic mass is 35.5. The summed E-state index contributed by atoms with van der Waals surface area (Å²) < 4.78 is 0. The predicted octanol–water partition coefficient (Wildman–Crippen LogP) is 3.55. The van der Waals surface area contributed by atoms with Crippen molar-refractivity contribution >= 4 is 29.7 Å². The molecule has 0 amide bonds. The van der Waals surface area contributed by atoms with E-state index in [4.69, 9.17) is 16.4 Å². The number of rotatable bonds is 5. The highest BCUT2D eigenvalue weighted by Gasteiger charge is 1.98. The van der Waals surface area contributed by atoms with Crippen molar-refractivity contribution < 1.29 is 4.79 Å². The van der Waals surface area contributed by atoms with Crippen LogP contribution in [0.3, 0.4) is 0 Å². The quantitative estimate of drug-likeness (QED) is 0.849. The lowest BCUT2D eigenvalue weighted by Gasteiger charge is -2.05. The molecule has 18 heavy (non-hydrogen) atoms. The molecule has 1 aromatic heterocycles. The van der Waals surface area contributed by atoms with Crippen molar-refractivity contribution in [2.45, 2.75) is 13.0 Å². The molecule has 0 aliphatic carbocycles. The minimum atomic E-state index is 0.838. The molecular weight excluding hydrogens is 266 g/mol. The number of thiophene rings is 1. The molecule has 1 aromatic carbocycles. The van der Waals surface area contributed by atoms with Crippen LogP contribution in [-0.2, 0) is 17.8 Å². The van der Waals surface area contributed by atoms with E-state index in [0.717, 1.165) is 30.1 Å². The van der Waals surface area contributed by atoms with Crippen LogP contribution in [0.5, 0.6) is 0 Å². The van der Waals surface area contributed by atoms with Crippen molar-refractivity contribution in [2.75, 3.05) is 6.54 Å². The normalized spacial score (nSPS) is 9.61. The number of carbonyl (C=O) groups is 1. The molecule has 0 unspecified atom stereocenters. The summed E-state index contributed by atoms with van der Waals surface area (Å²) in [5.41, 5.74) is 1.16. The third-order valence-electron chi connectivity index (χ3n) is 2.40. The minimum absolute atomic E-state index is 0.838. The molecule has 0 bridgehead atoms. The molecule has 0 aliphatic rings. The molecule has 1 N–H and O–H groups in total. The van der Waals surface area contributed by atoms with Gasteiger partial charge in [0.2, 0.25) is 0 Å². The Hall–Kier alpha value is -1.16. The van der Waals surface area contributed by atoms with Crippen molar-refractivity contribution in [3.8, 4) is 0 Å². The molecule has 0 spiro atoms. The topological polar surface area (TPSA) is 29.1 Å². The van der Waals surface area contributed by atoms with Gasteiger partial charge in [-0.2, -0.15) is 0 Å². The average Bonchev–Trinajstić information content (AvgIpc) is 2.92. The summed E-state index contributed by atoms with van der Waals surface area (Å²) in [4.78, 5) is 9.42. The smallest absolute Gasteiger partial charge is 0.106 e. The molecular formula is C14H16ClNOS. The molecule has 1 heterocycles. The van der Waals surface area contributed by atoms with Crippen LogP contribution in [-0.4, -0.2) is 13.3 Å². The van der Waals surface area contributed by atoms with Gasteiger partial charge in [0.15, 0.2) is 0 Å². The summed E-state index contributed by atoms with van der Waals surface area (Å²) in [5, 5.41) is 6.36. The van der Waals surface area contributed by atoms with Crippen LogP contribution in [0.25, 0.3) is 0 Å². The van der Waals surface area contributed by atoms with Gasteiger partial charge in [-0.05, 0) is 29.5 Å². The van der Waals surface area contributed by atoms with Crippen LogP contribution in [0, 0.1) is 0 Å². The Bertz CT molecular complexity index is 445. The van der Waals surface area contributed by atoms with Gasteiger partial charge in [0.25, 0.3) is 0 Å². The van der Waals surface area contributed by atoms with Crippen LogP contribution in [0.4, 0.5) is 0 Å². The van der Waals surface area contributed by atoms with Crippen LogP contribution in [0.15, 0.2) is 41.8 Å². The Morgan fingerprint density at radius 3 is 2.61 bits per heavy atom. The van der Waals surface area contributed by atoms with Crippen molar-refractivity contribution in [1.82, 2.24) is 5.32 Å². The van der Waals surface area contributed by atoms with E-state index >= 15 is 0 Å². The second-order valence-electron chi connectivity index (χ2n) is 3.60. The van der Waals surface area contributed by atoms with Gasteiger partial charge in [0, 0.05) is 23.0 Å². The van der Waals surface area contributed by atoms with Gasteiger partial charge < -0.3 is 10.1 Å². The summed E-state index contributed by atoms with van der Waals surface area (Å²) in [5.74, 6) is 0. The summed E-state index contributed by atoms with van der Waals surface area (Å²) in [7, 11) is 0. The molecule has 2 nitrogen and oxygen atoms in total. The Labute approximate surface area is 117 Å². The highest BCUT2D eigenvalue weighted by molar-refractivity contribution is 7.09. The maximum atomic E-state index is 8.00. The SMILES string of the molecule is C=O.Clc1ccccc1CNCCc1cccs1. The third-order valence-corrected chi connectivity index (χ3v) is 3.71. The molecule has 96 valence electrons. The predicted molar refractivity (Wildman–Crippen MR) is 78.3 cm³/mol. The van der Waals surface area contributed by atoms with Gasteiger partial charge in [-0.1, -0.05) is 35.9 Å². The van der Waals surface area contributed by atoms with E-state index in [9.17, 15) is 0 Å². The van der Waals surface area contributed by atoms with Crippen molar-refractivity contribution in [1.29, 1.82) is 0 Å². The summed E-state index contributed by atoms with van der Waals surface area (Å²) in [6.07, 6.45) is 1.09. The highest BCUT2D eigenvalue weighted by Crippen LogP contribution is 2.14. The second-order valence-corrected chi connectivity index (χ2v) is 5.04. The molecule has 0 saturated carbocycles. The Morgan fingerprint density at radius 2 is 1.94 bits per heavy atom. The van der Waals surface area contributed by atoms with Crippen LogP contribution >= 0.6 is 22.9 Å². The fourth-order valence-electron chi connectivity index (χ4n) is 1.53. The Morgan fingerprint density at radius 1 is 1.17 bits per heavy atom. The monoisotopic (exact) mass is 281 g/mol. The zero-order valence-electron chi connectivity index (χ0n) is 10.1. The van der Waals surface area contributed by atoms with Crippen LogP contribution < -0.4 is 5.32 Å². The van der Waals surface area contributed by atoms with Gasteiger partial charge in [0.05, 0.1) is 0 Å². The van der Waals surface area contributed by atoms with E-state index in [1.165, 1.54) is 4.88 Å². The van der Waals surface area contributed by atoms with Gasteiger partial charge in [-0.15, -0.1) is 11.3 Å². The van der Waals surface area contributed by atoms with E-state index < -0.39 is 0 Å². The minimum Gasteiger partial charge on any atom is -0.312 e. The maximum absolute atomic E-state index is 8.00. The summed E-state index contributed by atoms with van der Waals surface area (Å²) >= 11 is 7.87. The first-order chi connectivity index (χ1) is 8.86. The maximum Gasteiger partial charge on any atom is 0.106 e. The molecule has 2 aromatic rings. The first kappa shape index (κ1) is 14.9. The lowest BCUT2D eigenvalue weighted by Crippen LogP contribution is -2.16. The zero-order valence-corrected chi connectivity index (χ0v) is 11.6. The van der Waals surface area contributed by atoms with E-state index in [0.29, 0.717) is 0 Å². The van der Waals surface area contributed by atoms with Gasteiger partial charge >= 0.3 is 0 Å². The van der Waals surface area contributed by atoms with Crippen molar-refractivity contribution in [3.05, 3.63) is 57.2 Å². The first-order valence-corrected chi connectivity index (χ1v) is 6.87. The molecule has 0 fully saturated rings. The number of benzene rings is 1. The molecule has 0 atom stereocenters. The van der Waals surface area contributed by atoms with Gasteiger partial charge in [-0.25, -0.2) is 0 Å². The van der Waals surface area contributed by atoms with Crippen LogP contribution in [0.2, 0.25) is 5.02 Å². The van der Waals surface area contributed by atoms with E-state index in [1.54, 1.807) is 11.3 Å². The number of hydrogen-bond acceptors (Lipinski definition) is 3. The Balaban J connectivity index is 0.000000771. The van der Waals surface area contributed by atoms with E-state index in [1.807, 2.05) is 25.0 Å². The largest absolute Gasteiger partial charge is 0.312 e. The average molecular weight is 282 g/mol. The number of halogens is 1. The lowest BCUT2D eigenvalue weighted by atomic mass is 10.2. The molecule has 0 saturated heterocycles. The molecule has 0 radical (unpaired) electrons. The van der Waals surface area contributed by atoms with Crippen LogP contribution in [0.1, 0.15) is 10.4 Å². The zero-order chi connectivity index (χ0) is 13.2. The molecule has 0 aliphatic heterocycles. The van der Waals surface area contributed by atoms with Gasteiger partial charge in [-0.3, -0.25) is 0 Å². The molecule has 4 heteroatoms. The fourth-order valence-corrected chi connectivity index (χ4v) is 2.44. The fraction of sp³-hybridized carbons (Fsp3) is 0.214. The number of hydrogen-bond donors (Lipinski definition) is 1. The summed E-state index contributed by atoms with van der Waals surface area (Å²) in [6.45, 7) is 3.83. The summed E-state index contributed by atoms with van der Waals surface area (Å²) in [6, 6.07) is 12.2. The third kappa shape index (κ3) is 5.00. The standard InChI is InChI=1S/C13H14ClNS.CH2O/c14-13-6-2-1-4-11(13)10-15-8-7-12-5-3-9-16-12;1-2/h1-6,9,15H,7-8,10H2;1H2. The van der Waals surface area contributed by atoms with Crippen molar-refractivity contribution in [3.63, 3.8) is 0 Å². The number of carbonyl (C=O) groups excluding carboxylic acids is 1. The van der Waals surface area contributed by atoms with E-state index in [2.05, 4.69) is 28.9 Å². The second kappa shape index (κ2) is 8.86. The van der Waals surface area contributed by atoms with E-state index in [-0.39, 0.29) is 0 Å². The first-order valence-electron chi connectivity index (χ1n) is 5.61. The Kier molecular flexibility index (Phi) is 7.34.